The molecular formula is C26H42O. The van der Waals surface area contributed by atoms with Crippen LogP contribution >= 0.6 is 0 Å². The lowest BCUT2D eigenvalue weighted by Gasteiger charge is -2.18. The zero-order valence-electron chi connectivity index (χ0n) is 18.4. The van der Waals surface area contributed by atoms with Gasteiger partial charge in [-0.3, -0.25) is 4.79 Å². The molecule has 0 aliphatic carbocycles. The van der Waals surface area contributed by atoms with Gasteiger partial charge in [-0.2, -0.15) is 0 Å². The minimum Gasteiger partial charge on any atom is -0.290 e. The highest BCUT2D eigenvalue weighted by Crippen LogP contribution is 2.29. The van der Waals surface area contributed by atoms with Gasteiger partial charge in [-0.05, 0) is 43.1 Å². The van der Waals surface area contributed by atoms with E-state index < -0.39 is 0 Å². The van der Waals surface area contributed by atoms with Gasteiger partial charge in [-0.1, -0.05) is 109 Å². The summed E-state index contributed by atoms with van der Waals surface area (Å²) in [6.07, 6.45) is 17.5. The van der Waals surface area contributed by atoms with Crippen molar-refractivity contribution < 1.29 is 4.79 Å². The van der Waals surface area contributed by atoms with Crippen molar-refractivity contribution in [1.29, 1.82) is 0 Å². The number of hydrogen-bond donors (Lipinski definition) is 0. The molecule has 1 aromatic rings. The first kappa shape index (κ1) is 23.9. The van der Waals surface area contributed by atoms with Gasteiger partial charge in [0.25, 0.3) is 0 Å². The standard InChI is InChI=1S/C26H42O/c1-23(2)16-10-5-6-11-17-24(25-19-13-9-14-20-25)18-12-7-8-15-21-26(3,4)22-27/h9,13-14,19-20,24H,5-8,10-12,15-18,21H2,1-4H3. The maximum atomic E-state index is 10.9. The number of unbranched alkanes of at least 4 members (excludes halogenated alkanes) is 6. The van der Waals surface area contributed by atoms with Gasteiger partial charge in [0.1, 0.15) is 0 Å². The summed E-state index contributed by atoms with van der Waals surface area (Å²) >= 11 is 0. The molecule has 0 aromatic heterocycles. The Morgan fingerprint density at radius 2 is 1.41 bits per heavy atom. The molecule has 0 saturated carbocycles. The first-order valence-corrected chi connectivity index (χ1v) is 11.2. The summed E-state index contributed by atoms with van der Waals surface area (Å²) in [5.74, 6) is 2.28. The van der Waals surface area contributed by atoms with Gasteiger partial charge in [-0.25, -0.2) is 0 Å². The number of hydrogen-bond acceptors (Lipinski definition) is 1. The summed E-state index contributed by atoms with van der Waals surface area (Å²) in [4.78, 5) is 10.9. The lowest BCUT2D eigenvalue weighted by molar-refractivity contribution is 0.401. The third-order valence-corrected chi connectivity index (χ3v) is 5.63. The van der Waals surface area contributed by atoms with Crippen LogP contribution in [0.25, 0.3) is 0 Å². The highest BCUT2D eigenvalue weighted by molar-refractivity contribution is 5.58. The fraction of sp³-hybridized carbons (Fsp3) is 0.692. The molecule has 2 radical (unpaired) electrons. The molecule has 1 rings (SSSR count). The third kappa shape index (κ3) is 12.1. The second kappa shape index (κ2) is 14.0. The molecule has 0 spiro atoms. The Labute approximate surface area is 169 Å². The van der Waals surface area contributed by atoms with Crippen molar-refractivity contribution in [2.75, 3.05) is 0 Å². The molecule has 0 saturated heterocycles. The van der Waals surface area contributed by atoms with Crippen LogP contribution in [-0.2, 0) is 4.79 Å². The van der Waals surface area contributed by atoms with Crippen LogP contribution in [0.2, 0.25) is 0 Å². The monoisotopic (exact) mass is 370 g/mol. The minimum absolute atomic E-state index is 0.263. The van der Waals surface area contributed by atoms with E-state index in [-0.39, 0.29) is 5.41 Å². The largest absolute Gasteiger partial charge is 0.290 e. The quantitative estimate of drug-likeness (QED) is 0.268. The SMILES string of the molecule is C[C](C)CCCCCCC(CCCCCCC(C)(C)[C]=O)c1ccccc1. The second-order valence-corrected chi connectivity index (χ2v) is 9.21. The van der Waals surface area contributed by atoms with Crippen LogP contribution in [0.5, 0.6) is 0 Å². The molecule has 27 heavy (non-hydrogen) atoms. The van der Waals surface area contributed by atoms with E-state index in [0.717, 1.165) is 12.8 Å². The molecule has 0 aliphatic rings. The summed E-state index contributed by atoms with van der Waals surface area (Å²) < 4.78 is 0. The zero-order valence-corrected chi connectivity index (χ0v) is 18.4. The Hall–Kier alpha value is -1.11. The number of benzene rings is 1. The van der Waals surface area contributed by atoms with Crippen molar-refractivity contribution in [3.63, 3.8) is 0 Å². The van der Waals surface area contributed by atoms with E-state index in [2.05, 4.69) is 50.5 Å². The summed E-state index contributed by atoms with van der Waals surface area (Å²) in [5.41, 5.74) is 1.26. The van der Waals surface area contributed by atoms with Gasteiger partial charge < -0.3 is 0 Å². The molecule has 0 aliphatic heterocycles. The normalized spacial score (nSPS) is 13.1. The first-order valence-electron chi connectivity index (χ1n) is 11.2. The van der Waals surface area contributed by atoms with Crippen molar-refractivity contribution in [2.24, 2.45) is 5.41 Å². The van der Waals surface area contributed by atoms with E-state index in [1.165, 1.54) is 69.8 Å². The third-order valence-electron chi connectivity index (χ3n) is 5.63. The highest BCUT2D eigenvalue weighted by Gasteiger charge is 2.17. The predicted molar refractivity (Wildman–Crippen MR) is 119 cm³/mol. The van der Waals surface area contributed by atoms with E-state index in [1.807, 2.05) is 13.8 Å². The molecule has 1 nitrogen and oxygen atoms in total. The van der Waals surface area contributed by atoms with Crippen LogP contribution < -0.4 is 0 Å². The lowest BCUT2D eigenvalue weighted by Crippen LogP contribution is -2.12. The van der Waals surface area contributed by atoms with E-state index >= 15 is 0 Å². The van der Waals surface area contributed by atoms with Gasteiger partial charge in [0.2, 0.25) is 6.29 Å². The molecule has 0 fully saturated rings. The molecular weight excluding hydrogens is 328 g/mol. The van der Waals surface area contributed by atoms with E-state index in [9.17, 15) is 4.79 Å². The van der Waals surface area contributed by atoms with E-state index in [1.54, 1.807) is 5.92 Å². The Balaban J connectivity index is 2.28. The van der Waals surface area contributed by atoms with Crippen molar-refractivity contribution in [3.8, 4) is 0 Å². The summed E-state index contributed by atoms with van der Waals surface area (Å²) in [5, 5.41) is 0. The highest BCUT2D eigenvalue weighted by atomic mass is 16.1. The van der Waals surface area contributed by atoms with Crippen molar-refractivity contribution in [2.45, 2.75) is 111 Å². The van der Waals surface area contributed by atoms with Crippen molar-refractivity contribution in [3.05, 3.63) is 41.8 Å². The maximum absolute atomic E-state index is 10.9. The van der Waals surface area contributed by atoms with Gasteiger partial charge in [0.15, 0.2) is 0 Å². The molecule has 0 heterocycles. The Morgan fingerprint density at radius 1 is 0.852 bits per heavy atom. The lowest BCUT2D eigenvalue weighted by atomic mass is 9.86. The number of rotatable bonds is 16. The van der Waals surface area contributed by atoms with Crippen LogP contribution in [0, 0.1) is 11.3 Å². The molecule has 0 bridgehead atoms. The topological polar surface area (TPSA) is 17.1 Å². The predicted octanol–water partition coefficient (Wildman–Crippen LogP) is 8.20. The molecule has 1 atom stereocenters. The molecule has 1 heteroatoms. The van der Waals surface area contributed by atoms with Gasteiger partial charge in [0.05, 0.1) is 0 Å². The fourth-order valence-electron chi connectivity index (χ4n) is 3.79. The van der Waals surface area contributed by atoms with Crippen molar-refractivity contribution in [1.82, 2.24) is 0 Å². The minimum atomic E-state index is -0.263. The van der Waals surface area contributed by atoms with Crippen LogP contribution in [0.4, 0.5) is 0 Å². The van der Waals surface area contributed by atoms with Gasteiger partial charge in [0, 0.05) is 5.41 Å². The first-order chi connectivity index (χ1) is 12.9. The maximum Gasteiger partial charge on any atom is 0.204 e. The van der Waals surface area contributed by atoms with Gasteiger partial charge in [-0.15, -0.1) is 0 Å². The average Bonchev–Trinajstić information content (AvgIpc) is 2.65. The smallest absolute Gasteiger partial charge is 0.204 e. The van der Waals surface area contributed by atoms with Crippen LogP contribution in [0.3, 0.4) is 0 Å². The van der Waals surface area contributed by atoms with Crippen molar-refractivity contribution >= 4 is 6.29 Å². The number of carbonyl (C=O) groups excluding carboxylic acids is 1. The Morgan fingerprint density at radius 3 is 1.96 bits per heavy atom. The molecule has 1 aromatic carbocycles. The molecule has 0 amide bonds. The molecule has 152 valence electrons. The molecule has 1 unspecified atom stereocenters. The van der Waals surface area contributed by atoms with Crippen LogP contribution in [0.15, 0.2) is 30.3 Å². The molecule has 0 N–H and O–H groups in total. The second-order valence-electron chi connectivity index (χ2n) is 9.21. The summed E-state index contributed by atoms with van der Waals surface area (Å²) in [6.45, 7) is 8.46. The Kier molecular flexibility index (Phi) is 12.4. The zero-order chi connectivity index (χ0) is 20.0. The fourth-order valence-corrected chi connectivity index (χ4v) is 3.79. The van der Waals surface area contributed by atoms with Crippen LogP contribution in [0.1, 0.15) is 116 Å². The van der Waals surface area contributed by atoms with Gasteiger partial charge >= 0.3 is 0 Å². The average molecular weight is 371 g/mol. The van der Waals surface area contributed by atoms with Crippen LogP contribution in [-0.4, -0.2) is 6.29 Å². The van der Waals surface area contributed by atoms with E-state index in [4.69, 9.17) is 0 Å². The van der Waals surface area contributed by atoms with E-state index in [0.29, 0.717) is 5.92 Å². The summed E-state index contributed by atoms with van der Waals surface area (Å²) in [7, 11) is 0. The summed E-state index contributed by atoms with van der Waals surface area (Å²) in [6, 6.07) is 11.1. The Bertz CT molecular complexity index is 474.